The normalized spacial score (nSPS) is 14.5. The van der Waals surface area contributed by atoms with Gasteiger partial charge < -0.3 is 0 Å². The molecule has 1 saturated heterocycles. The Labute approximate surface area is 173 Å². The first-order chi connectivity index (χ1) is 14.4. The van der Waals surface area contributed by atoms with Crippen molar-refractivity contribution in [1.82, 2.24) is 20.1 Å². The van der Waals surface area contributed by atoms with Crippen molar-refractivity contribution in [3.05, 3.63) is 71.9 Å². The van der Waals surface area contributed by atoms with Gasteiger partial charge in [0.2, 0.25) is 10.0 Å². The van der Waals surface area contributed by atoms with E-state index in [1.54, 1.807) is 18.2 Å². The first kappa shape index (κ1) is 20.0. The van der Waals surface area contributed by atoms with Crippen LogP contribution in [0.2, 0.25) is 0 Å². The van der Waals surface area contributed by atoms with Crippen LogP contribution in [0.4, 0.5) is 0 Å². The summed E-state index contributed by atoms with van der Waals surface area (Å²) in [5.41, 5.74) is 5.71. The van der Waals surface area contributed by atoms with Crippen molar-refractivity contribution in [3.8, 4) is 0 Å². The fourth-order valence-electron chi connectivity index (χ4n) is 3.30. The number of hydrogen-bond acceptors (Lipinski definition) is 5. The van der Waals surface area contributed by atoms with Crippen LogP contribution < -0.4 is 10.9 Å². The summed E-state index contributed by atoms with van der Waals surface area (Å²) in [6.45, 7) is 1.03. The molecule has 2 heterocycles. The Morgan fingerprint density at radius 2 is 1.50 bits per heavy atom. The van der Waals surface area contributed by atoms with Crippen molar-refractivity contribution in [2.24, 2.45) is 0 Å². The van der Waals surface area contributed by atoms with E-state index in [0.717, 1.165) is 18.2 Å². The summed E-state index contributed by atoms with van der Waals surface area (Å²) in [6, 6.07) is 16.4. The lowest BCUT2D eigenvalue weighted by atomic mass is 10.2. The van der Waals surface area contributed by atoms with Crippen LogP contribution in [0.15, 0.2) is 65.6 Å². The Bertz CT molecular complexity index is 1200. The van der Waals surface area contributed by atoms with Crippen molar-refractivity contribution in [3.63, 3.8) is 0 Å². The molecule has 0 aliphatic carbocycles. The van der Waals surface area contributed by atoms with Gasteiger partial charge >= 0.3 is 0 Å². The molecule has 4 rings (SSSR count). The lowest BCUT2D eigenvalue weighted by Gasteiger charge is -2.15. The fourth-order valence-corrected chi connectivity index (χ4v) is 4.82. The second kappa shape index (κ2) is 8.21. The van der Waals surface area contributed by atoms with Crippen LogP contribution in [0, 0.1) is 0 Å². The number of aromatic nitrogens is 1. The van der Waals surface area contributed by atoms with E-state index in [9.17, 15) is 18.0 Å². The van der Waals surface area contributed by atoms with Gasteiger partial charge in [0, 0.05) is 24.0 Å². The molecule has 1 aliphatic rings. The van der Waals surface area contributed by atoms with E-state index in [2.05, 4.69) is 15.8 Å². The molecule has 0 bridgehead atoms. The molecule has 30 heavy (non-hydrogen) atoms. The van der Waals surface area contributed by atoms with Gasteiger partial charge in [-0.05, 0) is 49.2 Å². The highest BCUT2D eigenvalue weighted by molar-refractivity contribution is 7.89. The standard InChI is InChI=1S/C21H20N4O4S/c26-20(16-7-10-17(11-8-16)30(28,29)25-13-3-4-14-25)23-24-21(27)19-12-9-15-5-1-2-6-18(15)22-19/h1-2,5-12H,3-4,13-14H2,(H,23,26)(H,24,27). The zero-order chi connectivity index (χ0) is 21.1. The van der Waals surface area contributed by atoms with Gasteiger partial charge in [-0.3, -0.25) is 20.4 Å². The molecule has 3 aromatic rings. The highest BCUT2D eigenvalue weighted by Crippen LogP contribution is 2.21. The number of nitrogens with one attached hydrogen (secondary N) is 2. The van der Waals surface area contributed by atoms with Crippen LogP contribution in [-0.4, -0.2) is 42.6 Å². The molecule has 2 aromatic carbocycles. The van der Waals surface area contributed by atoms with Gasteiger partial charge in [0.1, 0.15) is 5.69 Å². The van der Waals surface area contributed by atoms with E-state index in [1.165, 1.54) is 28.6 Å². The van der Waals surface area contributed by atoms with Crippen LogP contribution in [0.5, 0.6) is 0 Å². The van der Waals surface area contributed by atoms with Gasteiger partial charge in [-0.25, -0.2) is 13.4 Å². The molecule has 0 spiro atoms. The first-order valence-corrected chi connectivity index (χ1v) is 11.0. The Hall–Kier alpha value is -3.30. The van der Waals surface area contributed by atoms with Crippen molar-refractivity contribution in [1.29, 1.82) is 0 Å². The lowest BCUT2D eigenvalue weighted by molar-refractivity contribution is 0.0844. The van der Waals surface area contributed by atoms with E-state index in [-0.39, 0.29) is 16.2 Å². The monoisotopic (exact) mass is 424 g/mol. The van der Waals surface area contributed by atoms with Crippen molar-refractivity contribution in [2.45, 2.75) is 17.7 Å². The molecule has 1 aromatic heterocycles. The summed E-state index contributed by atoms with van der Waals surface area (Å²) in [5.74, 6) is -1.11. The van der Waals surface area contributed by atoms with Crippen LogP contribution in [0.25, 0.3) is 10.9 Å². The second-order valence-electron chi connectivity index (χ2n) is 6.93. The minimum atomic E-state index is -3.54. The molecule has 2 amide bonds. The minimum Gasteiger partial charge on any atom is -0.267 e. The number of sulfonamides is 1. The quantitative estimate of drug-likeness (QED) is 0.624. The van der Waals surface area contributed by atoms with E-state index < -0.39 is 21.8 Å². The number of amides is 2. The number of nitrogens with zero attached hydrogens (tertiary/aromatic N) is 2. The number of benzene rings is 2. The summed E-state index contributed by atoms with van der Waals surface area (Å²) in [7, 11) is -3.54. The van der Waals surface area contributed by atoms with Crippen molar-refractivity contribution < 1.29 is 18.0 Å². The highest BCUT2D eigenvalue weighted by atomic mass is 32.2. The van der Waals surface area contributed by atoms with Gasteiger partial charge in [0.25, 0.3) is 11.8 Å². The zero-order valence-electron chi connectivity index (χ0n) is 16.0. The number of pyridine rings is 1. The smallest absolute Gasteiger partial charge is 0.267 e. The maximum atomic E-state index is 12.5. The van der Waals surface area contributed by atoms with Gasteiger partial charge in [-0.1, -0.05) is 24.3 Å². The fraction of sp³-hybridized carbons (Fsp3) is 0.190. The third kappa shape index (κ3) is 4.03. The third-order valence-corrected chi connectivity index (χ3v) is 6.85. The summed E-state index contributed by atoms with van der Waals surface area (Å²) in [5, 5.41) is 0.905. The Morgan fingerprint density at radius 3 is 2.23 bits per heavy atom. The average Bonchev–Trinajstić information content (AvgIpc) is 3.33. The number of carbonyl (C=O) groups excluding carboxylic acids is 2. The maximum Gasteiger partial charge on any atom is 0.288 e. The van der Waals surface area contributed by atoms with E-state index >= 15 is 0 Å². The van der Waals surface area contributed by atoms with Gasteiger partial charge in [-0.15, -0.1) is 0 Å². The predicted molar refractivity (Wildman–Crippen MR) is 111 cm³/mol. The molecule has 0 saturated carbocycles. The van der Waals surface area contributed by atoms with Crippen molar-refractivity contribution in [2.75, 3.05) is 13.1 Å². The number of hydrogen-bond donors (Lipinski definition) is 2. The first-order valence-electron chi connectivity index (χ1n) is 9.52. The molecule has 0 unspecified atom stereocenters. The topological polar surface area (TPSA) is 108 Å². The van der Waals surface area contributed by atoms with Crippen molar-refractivity contribution >= 4 is 32.7 Å². The SMILES string of the molecule is O=C(NNC(=O)c1ccc2ccccc2n1)c1ccc(S(=O)(=O)N2CCCC2)cc1. The van der Waals surface area contributed by atoms with Gasteiger partial charge in [0.05, 0.1) is 10.4 Å². The molecule has 154 valence electrons. The highest BCUT2D eigenvalue weighted by Gasteiger charge is 2.27. The molecule has 0 radical (unpaired) electrons. The predicted octanol–water partition coefficient (Wildman–Crippen LogP) is 2.09. The van der Waals surface area contributed by atoms with E-state index in [0.29, 0.717) is 18.6 Å². The molecule has 2 N–H and O–H groups in total. The molecule has 8 nitrogen and oxygen atoms in total. The maximum absolute atomic E-state index is 12.5. The Balaban J connectivity index is 1.40. The summed E-state index contributed by atoms with van der Waals surface area (Å²) in [6.07, 6.45) is 1.71. The lowest BCUT2D eigenvalue weighted by Crippen LogP contribution is -2.42. The second-order valence-corrected chi connectivity index (χ2v) is 8.87. The molecular weight excluding hydrogens is 404 g/mol. The van der Waals surface area contributed by atoms with Gasteiger partial charge in [0.15, 0.2) is 0 Å². The third-order valence-electron chi connectivity index (χ3n) is 4.94. The molecule has 1 fully saturated rings. The number of carbonyl (C=O) groups is 2. The van der Waals surface area contributed by atoms with E-state index in [1.807, 2.05) is 18.2 Å². The summed E-state index contributed by atoms with van der Waals surface area (Å²) >= 11 is 0. The van der Waals surface area contributed by atoms with Crippen LogP contribution in [0.3, 0.4) is 0 Å². The molecule has 0 atom stereocenters. The molecule has 9 heteroatoms. The molecular formula is C21H20N4O4S. The van der Waals surface area contributed by atoms with Crippen LogP contribution in [0.1, 0.15) is 33.7 Å². The summed E-state index contributed by atoms with van der Waals surface area (Å²) < 4.78 is 26.5. The molecule has 1 aliphatic heterocycles. The van der Waals surface area contributed by atoms with Crippen LogP contribution >= 0.6 is 0 Å². The van der Waals surface area contributed by atoms with E-state index in [4.69, 9.17) is 0 Å². The number of fused-ring (bicyclic) bond motifs is 1. The average molecular weight is 424 g/mol. The zero-order valence-corrected chi connectivity index (χ0v) is 16.9. The Morgan fingerprint density at radius 1 is 0.833 bits per heavy atom. The number of hydrazine groups is 1. The number of para-hydroxylation sites is 1. The summed E-state index contributed by atoms with van der Waals surface area (Å²) in [4.78, 5) is 29.0. The minimum absolute atomic E-state index is 0.144. The Kier molecular flexibility index (Phi) is 5.47. The number of rotatable bonds is 4. The largest absolute Gasteiger partial charge is 0.288 e. The van der Waals surface area contributed by atoms with Gasteiger partial charge in [-0.2, -0.15) is 4.31 Å². The van der Waals surface area contributed by atoms with Crippen LogP contribution in [-0.2, 0) is 10.0 Å².